The Morgan fingerprint density at radius 1 is 0.411 bits per heavy atom. The predicted molar refractivity (Wildman–Crippen MR) is 352 cm³/mol. The molecule has 4 nitrogen and oxygen atoms in total. The Hall–Kier alpha value is -8.42. The molecule has 1 aliphatic heterocycles. The van der Waals surface area contributed by atoms with Crippen LogP contribution < -0.4 is 10.4 Å². The van der Waals surface area contributed by atoms with Crippen LogP contribution in [0.1, 0.15) is 133 Å². The van der Waals surface area contributed by atoms with Crippen LogP contribution in [0, 0.1) is 39.6 Å². The lowest BCUT2D eigenvalue weighted by Gasteiger charge is -2.26. The van der Waals surface area contributed by atoms with Crippen molar-refractivity contribution in [3.8, 4) is 39.1 Å². The van der Waals surface area contributed by atoms with E-state index in [1.807, 2.05) is 78.9 Å². The van der Waals surface area contributed by atoms with E-state index in [-0.39, 0.29) is 49.8 Å². The van der Waals surface area contributed by atoms with Crippen LogP contribution in [0.5, 0.6) is 5.75 Å². The molecule has 0 saturated heterocycles. The highest BCUT2D eigenvalue weighted by atomic mass is 32.1. The number of hydrogen-bond donors (Lipinski definition) is 0. The molecule has 2 aromatic heterocycles. The summed E-state index contributed by atoms with van der Waals surface area (Å²) in [6.07, 6.45) is 11.2. The molecule has 11 aromatic rings. The van der Waals surface area contributed by atoms with Crippen LogP contribution in [0.3, 0.4) is 0 Å². The van der Waals surface area contributed by atoms with Gasteiger partial charge in [0.1, 0.15) is 16.9 Å². The molecule has 0 saturated carbocycles. The summed E-state index contributed by atoms with van der Waals surface area (Å²) in [7, 11) is 0. The third-order valence-corrected chi connectivity index (χ3v) is 17.0. The topological polar surface area (TPSA) is 52.6 Å². The lowest BCUT2D eigenvalue weighted by Crippen LogP contribution is -2.29. The van der Waals surface area contributed by atoms with Gasteiger partial charge < -0.3 is 13.6 Å². The molecule has 1 aliphatic rings. The molecule has 0 bridgehead atoms. The maximum atomic E-state index is 15.3. The van der Waals surface area contributed by atoms with Crippen molar-refractivity contribution < 1.29 is 48.7 Å². The summed E-state index contributed by atoms with van der Waals surface area (Å²) in [4.78, 5) is 12.5. The molecular formula is C77H70F8O4S. The van der Waals surface area contributed by atoms with Gasteiger partial charge in [-0.3, -0.25) is 0 Å². The van der Waals surface area contributed by atoms with E-state index >= 15 is 17.6 Å². The predicted octanol–water partition coefficient (Wildman–Crippen LogP) is 23.6. The zero-order valence-corrected chi connectivity index (χ0v) is 52.1. The molecule has 0 amide bonds. The van der Waals surface area contributed by atoms with Crippen LogP contribution in [0.4, 0.5) is 35.1 Å². The normalized spacial score (nSPS) is 12.6. The van der Waals surface area contributed by atoms with Crippen molar-refractivity contribution in [1.82, 2.24) is 0 Å². The minimum absolute atomic E-state index is 0.0126. The fraction of sp³-hybridized carbons (Fsp3) is 0.273. The molecule has 0 aliphatic carbocycles. The summed E-state index contributed by atoms with van der Waals surface area (Å²) < 4.78 is 135. The summed E-state index contributed by atoms with van der Waals surface area (Å²) in [6.45, 7) is 11.8. The van der Waals surface area contributed by atoms with Gasteiger partial charge in [0.25, 0.3) is 0 Å². The number of halogens is 8. The van der Waals surface area contributed by atoms with E-state index in [4.69, 9.17) is 25.8 Å². The third-order valence-electron chi connectivity index (χ3n) is 16.7. The average molecular weight is 1240 g/mol. The Balaban J connectivity index is 0.000000149. The molecule has 12 rings (SSSR count). The van der Waals surface area contributed by atoms with Crippen LogP contribution in [-0.2, 0) is 32.1 Å². The van der Waals surface area contributed by atoms with Crippen molar-refractivity contribution in [2.75, 3.05) is 0 Å². The first kappa shape index (κ1) is 64.6. The third kappa shape index (κ3) is 13.5. The average Bonchev–Trinajstić information content (AvgIpc) is 1.40. The number of ether oxygens (including phenoxy) is 1. The van der Waals surface area contributed by atoms with E-state index in [0.717, 1.165) is 106 Å². The van der Waals surface area contributed by atoms with Crippen LogP contribution in [0.15, 0.2) is 159 Å². The number of unbranched alkanes of at least 4 members (excludes halogenated alkanes) is 4. The largest absolute Gasteiger partial charge is 0.444 e. The zero-order chi connectivity index (χ0) is 64.0. The molecule has 0 N–H and O–H groups in total. The number of aryl methyl sites for hydroxylation is 5. The smallest absolute Gasteiger partial charge is 0.422 e. The van der Waals surface area contributed by atoms with Crippen LogP contribution in [-0.4, -0.2) is 6.11 Å². The number of rotatable bonds is 17. The maximum absolute atomic E-state index is 15.3. The molecule has 0 unspecified atom stereocenters. The Kier molecular flexibility index (Phi) is 20.2. The van der Waals surface area contributed by atoms with Gasteiger partial charge in [-0.1, -0.05) is 189 Å². The van der Waals surface area contributed by atoms with Gasteiger partial charge >= 0.3 is 11.7 Å². The van der Waals surface area contributed by atoms with Gasteiger partial charge in [0, 0.05) is 49.7 Å². The molecule has 0 atom stereocenters. The fourth-order valence-electron chi connectivity index (χ4n) is 11.8. The molecule has 9 aromatic carbocycles. The first-order chi connectivity index (χ1) is 43.4. The summed E-state index contributed by atoms with van der Waals surface area (Å²) in [5.74, 6) is -6.29. The molecule has 13 heteroatoms. The second kappa shape index (κ2) is 28.2. The molecule has 464 valence electrons. The van der Waals surface area contributed by atoms with Crippen molar-refractivity contribution in [1.29, 1.82) is 0 Å². The Morgan fingerprint density at radius 2 is 0.789 bits per heavy atom. The van der Waals surface area contributed by atoms with Crippen LogP contribution >= 0.6 is 12.2 Å². The summed E-state index contributed by atoms with van der Waals surface area (Å²) in [5, 5.41) is 2.62. The molecule has 3 heterocycles. The first-order valence-corrected chi connectivity index (χ1v) is 31.5. The highest BCUT2D eigenvalue weighted by Crippen LogP contribution is 2.45. The van der Waals surface area contributed by atoms with Gasteiger partial charge in [0.05, 0.1) is 16.2 Å². The zero-order valence-electron chi connectivity index (χ0n) is 51.3. The van der Waals surface area contributed by atoms with Crippen molar-refractivity contribution in [3.63, 3.8) is 0 Å². The van der Waals surface area contributed by atoms with Crippen LogP contribution in [0.25, 0.3) is 93.7 Å². The van der Waals surface area contributed by atoms with E-state index in [2.05, 4.69) is 34.6 Å². The molecular weight excluding hydrogens is 1170 g/mol. The van der Waals surface area contributed by atoms with Gasteiger partial charge in [-0.05, 0) is 150 Å². The molecule has 0 spiro atoms. The van der Waals surface area contributed by atoms with Crippen molar-refractivity contribution in [2.45, 2.75) is 138 Å². The first-order valence-electron chi connectivity index (χ1n) is 31.1. The van der Waals surface area contributed by atoms with E-state index in [9.17, 15) is 22.4 Å². The number of benzene rings is 9. The number of fused-ring (bicyclic) bond motifs is 9. The highest BCUT2D eigenvalue weighted by Gasteiger charge is 2.39. The number of alkyl halides is 2. The van der Waals surface area contributed by atoms with Crippen molar-refractivity contribution >= 4 is 72.5 Å². The van der Waals surface area contributed by atoms with Gasteiger partial charge in [-0.15, -0.1) is 0 Å². The Morgan fingerprint density at radius 3 is 1.22 bits per heavy atom. The van der Waals surface area contributed by atoms with Gasteiger partial charge in [-0.2, -0.15) is 8.78 Å². The maximum Gasteiger partial charge on any atom is 0.422 e. The lowest BCUT2D eigenvalue weighted by atomic mass is 9.95. The molecule has 0 radical (unpaired) electrons. The summed E-state index contributed by atoms with van der Waals surface area (Å²) >= 11 is 5.42. The monoisotopic (exact) mass is 1240 g/mol. The van der Waals surface area contributed by atoms with E-state index in [1.165, 1.54) is 24.6 Å². The summed E-state index contributed by atoms with van der Waals surface area (Å²) in [6, 6.07) is 41.3. The Labute approximate surface area is 523 Å². The standard InChI is InChI=1S/C27H26F2O2.C27H26F2OS.C23H18F4O/c1-3-5-6-8-21-15-20-14-13-19-16-22(18-11-9-17(7-4-2)10-12-18)24(28)25(29)23(19)26(20)31-27(21)30;1-3-5-6-8-21-15-20-14-13-19-16-22(18-11-9-17(7-4-2)10-12-18)24(28)25(29)23(19)26(20)30-27(21)31;1-3-4-14-5-7-15(8-6-14)18-12-16-9-10-17-11-13(2)23(26,27)28-22(17)19(16)21(25)20(18)24/h2*9-16H,3-8H2,1-2H3;5-12H,3-4H2,1-2H3. The Bertz CT molecular complexity index is 4400. The van der Waals surface area contributed by atoms with E-state index < -0.39 is 46.6 Å². The fourth-order valence-corrected chi connectivity index (χ4v) is 12.0. The van der Waals surface area contributed by atoms with E-state index in [0.29, 0.717) is 66.1 Å². The molecule has 0 fully saturated rings. The minimum atomic E-state index is -3.56. The van der Waals surface area contributed by atoms with Gasteiger partial charge in [-0.25, -0.2) is 31.1 Å². The summed E-state index contributed by atoms with van der Waals surface area (Å²) in [5.41, 5.74) is 7.25. The quantitative estimate of drug-likeness (QED) is 0.0299. The number of hydrogen-bond acceptors (Lipinski definition) is 5. The second-order valence-corrected chi connectivity index (χ2v) is 23.6. The van der Waals surface area contributed by atoms with Crippen molar-refractivity contribution in [3.05, 3.63) is 229 Å². The highest BCUT2D eigenvalue weighted by molar-refractivity contribution is 7.71. The minimum Gasteiger partial charge on any atom is -0.444 e. The van der Waals surface area contributed by atoms with Gasteiger partial charge in [0.15, 0.2) is 39.6 Å². The van der Waals surface area contributed by atoms with Crippen LogP contribution in [0.2, 0.25) is 0 Å². The van der Waals surface area contributed by atoms with Gasteiger partial charge in [0.2, 0.25) is 0 Å². The molecule has 90 heavy (non-hydrogen) atoms. The van der Waals surface area contributed by atoms with E-state index in [1.54, 1.807) is 54.6 Å². The van der Waals surface area contributed by atoms with Crippen molar-refractivity contribution in [2.24, 2.45) is 0 Å². The lowest BCUT2D eigenvalue weighted by molar-refractivity contribution is -0.142. The SMILES string of the molecule is CCCCCc1cc2ccc3cc(-c4ccc(CCC)cc4)c(F)c(F)c3c2oc1=O.CCCCCc1cc2ccc3cc(-c4ccc(CCC)cc4)c(F)c(F)c3c2oc1=S.CCCc1ccc(-c2cc3ccc4c(c3c(F)c2F)OC(F)(F)C(C)=C4)cc1. The second-order valence-electron chi connectivity index (χ2n) is 23.2.